The van der Waals surface area contributed by atoms with Gasteiger partial charge in [0.25, 0.3) is 0 Å². The highest BCUT2D eigenvalue weighted by molar-refractivity contribution is 5.77. The summed E-state index contributed by atoms with van der Waals surface area (Å²) in [6.45, 7) is 0. The average molecular weight is 401 g/mol. The summed E-state index contributed by atoms with van der Waals surface area (Å²) >= 11 is 0. The molecule has 0 bridgehead atoms. The van der Waals surface area contributed by atoms with Gasteiger partial charge in [-0.05, 0) is 35.4 Å². The number of hydrogen-bond donors (Lipinski definition) is 1. The Bertz CT molecular complexity index is 1040. The molecular formula is C24H26N5O. The standard InChI is InChI=1S/C24H26N5O/c1-27(2)20-9-5-18(6-10-20)24(19-7-11-21(12-8-19)28(3)4)14-13-17-16-26-29(23(25)30)22(17)15-24/h5-14H,15H2,1-4H3,(H2,25,30). The minimum absolute atomic E-state index is 0.441. The van der Waals surface area contributed by atoms with Crippen molar-refractivity contribution in [1.29, 1.82) is 0 Å². The fourth-order valence-corrected chi connectivity index (χ4v) is 4.05. The van der Waals surface area contributed by atoms with Crippen molar-refractivity contribution in [1.82, 2.24) is 9.78 Å². The van der Waals surface area contributed by atoms with E-state index in [1.165, 1.54) is 4.68 Å². The first-order valence-electron chi connectivity index (χ1n) is 9.86. The lowest BCUT2D eigenvalue weighted by molar-refractivity contribution is 0.246. The smallest absolute Gasteiger partial charge is 0.339 e. The molecule has 2 aromatic carbocycles. The highest BCUT2D eigenvalue weighted by atomic mass is 16.2. The Balaban J connectivity index is 1.87. The largest absolute Gasteiger partial charge is 0.378 e. The van der Waals surface area contributed by atoms with Crippen LogP contribution in [-0.4, -0.2) is 44.0 Å². The maximum atomic E-state index is 11.9. The summed E-state index contributed by atoms with van der Waals surface area (Å²) in [7, 11) is 8.11. The van der Waals surface area contributed by atoms with E-state index in [9.17, 15) is 4.79 Å². The predicted molar refractivity (Wildman–Crippen MR) is 121 cm³/mol. The van der Waals surface area contributed by atoms with E-state index in [0.29, 0.717) is 6.42 Å². The van der Waals surface area contributed by atoms with E-state index in [1.54, 1.807) is 0 Å². The molecule has 0 aliphatic heterocycles. The van der Waals surface area contributed by atoms with Gasteiger partial charge in [-0.3, -0.25) is 0 Å². The lowest BCUT2D eigenvalue weighted by Gasteiger charge is -2.35. The summed E-state index contributed by atoms with van der Waals surface area (Å²) in [6.07, 6.45) is 7.66. The van der Waals surface area contributed by atoms with Crippen molar-refractivity contribution in [3.8, 4) is 0 Å². The minimum Gasteiger partial charge on any atom is -0.378 e. The average Bonchev–Trinajstić information content (AvgIpc) is 3.17. The van der Waals surface area contributed by atoms with Gasteiger partial charge in [0.05, 0.1) is 5.69 Å². The van der Waals surface area contributed by atoms with E-state index < -0.39 is 11.4 Å². The Labute approximate surface area is 177 Å². The third-order valence-corrected chi connectivity index (χ3v) is 5.82. The second kappa shape index (κ2) is 7.37. The molecule has 1 aliphatic rings. The third-order valence-electron chi connectivity index (χ3n) is 5.82. The number of anilines is 2. The van der Waals surface area contributed by atoms with Crippen molar-refractivity contribution in [2.24, 2.45) is 5.73 Å². The molecule has 1 aliphatic carbocycles. The molecule has 1 amide bonds. The number of carbonyl (C=O) groups is 1. The summed E-state index contributed by atoms with van der Waals surface area (Å²) in [5.41, 5.74) is 11.3. The topological polar surface area (TPSA) is 67.4 Å². The van der Waals surface area contributed by atoms with Gasteiger partial charge in [0.15, 0.2) is 0 Å². The van der Waals surface area contributed by atoms with Crippen molar-refractivity contribution < 1.29 is 4.79 Å². The molecule has 0 spiro atoms. The fourth-order valence-electron chi connectivity index (χ4n) is 4.05. The van der Waals surface area contributed by atoms with Gasteiger partial charge in [-0.15, -0.1) is 0 Å². The minimum atomic E-state index is -0.595. The Kier molecular flexibility index (Phi) is 4.86. The van der Waals surface area contributed by atoms with Gasteiger partial charge in [-0.1, -0.05) is 36.4 Å². The molecule has 0 saturated heterocycles. The molecule has 4 rings (SSSR count). The van der Waals surface area contributed by atoms with E-state index in [-0.39, 0.29) is 0 Å². The molecule has 153 valence electrons. The summed E-state index contributed by atoms with van der Waals surface area (Å²) in [4.78, 5) is 16.1. The molecule has 1 heterocycles. The summed E-state index contributed by atoms with van der Waals surface area (Å²) in [5, 5.41) is 4.08. The van der Waals surface area contributed by atoms with Crippen LogP contribution < -0.4 is 15.5 Å². The molecule has 6 nitrogen and oxygen atoms in total. The van der Waals surface area contributed by atoms with Gasteiger partial charge in [-0.2, -0.15) is 9.78 Å². The molecule has 6 heteroatoms. The monoisotopic (exact) mass is 400 g/mol. The maximum absolute atomic E-state index is 11.9. The summed E-state index contributed by atoms with van der Waals surface area (Å²) in [6, 6.07) is 16.5. The Morgan fingerprint density at radius 3 is 1.90 bits per heavy atom. The van der Waals surface area contributed by atoms with Crippen LogP contribution in [0.25, 0.3) is 6.08 Å². The van der Waals surface area contributed by atoms with E-state index >= 15 is 0 Å². The molecular weight excluding hydrogens is 374 g/mol. The molecule has 1 radical (unpaired) electrons. The molecule has 2 N–H and O–H groups in total. The summed E-state index contributed by atoms with van der Waals surface area (Å²) < 4.78 is 1.26. The van der Waals surface area contributed by atoms with Crippen LogP contribution in [0, 0.1) is 6.20 Å². The first kappa shape index (κ1) is 19.8. The predicted octanol–water partition coefficient (Wildman–Crippen LogP) is 3.30. The molecule has 30 heavy (non-hydrogen) atoms. The number of primary amides is 1. The second-order valence-corrected chi connectivity index (χ2v) is 8.09. The first-order valence-corrected chi connectivity index (χ1v) is 9.86. The SMILES string of the molecule is CN(C)c1ccc(C2(c3ccc(N(C)C)cc3)C=Cc3[c]nn(C(N)=O)c3C2)cc1. The molecule has 0 unspecified atom stereocenters. The number of amides is 1. The number of nitrogens with two attached hydrogens (primary N) is 1. The number of allylic oxidation sites excluding steroid dienone is 1. The molecule has 1 aromatic heterocycles. The van der Waals surface area contributed by atoms with E-state index in [4.69, 9.17) is 5.73 Å². The lowest BCUT2D eigenvalue weighted by Crippen LogP contribution is -2.33. The molecule has 0 fully saturated rings. The Morgan fingerprint density at radius 1 is 0.967 bits per heavy atom. The highest BCUT2D eigenvalue weighted by Crippen LogP contribution is 2.42. The number of rotatable bonds is 4. The third kappa shape index (κ3) is 3.24. The zero-order valence-corrected chi connectivity index (χ0v) is 17.8. The fraction of sp³-hybridized carbons (Fsp3) is 0.250. The number of nitrogens with zero attached hydrogens (tertiary/aromatic N) is 4. The van der Waals surface area contributed by atoms with Crippen molar-refractivity contribution in [2.75, 3.05) is 38.0 Å². The van der Waals surface area contributed by atoms with E-state index in [2.05, 4.69) is 75.7 Å². The number of fused-ring (bicyclic) bond motifs is 1. The van der Waals surface area contributed by atoms with Crippen molar-refractivity contribution >= 4 is 23.5 Å². The lowest BCUT2D eigenvalue weighted by atomic mass is 9.68. The Morgan fingerprint density at radius 2 is 1.47 bits per heavy atom. The van der Waals surface area contributed by atoms with Crippen LogP contribution in [0.3, 0.4) is 0 Å². The number of aromatic nitrogens is 2. The van der Waals surface area contributed by atoms with Crippen LogP contribution >= 0.6 is 0 Å². The first-order chi connectivity index (χ1) is 14.3. The van der Waals surface area contributed by atoms with Crippen LogP contribution in [0.1, 0.15) is 22.4 Å². The van der Waals surface area contributed by atoms with Gasteiger partial charge in [-0.25, -0.2) is 4.79 Å². The zero-order chi connectivity index (χ0) is 21.5. The van der Waals surface area contributed by atoms with Crippen LogP contribution in [-0.2, 0) is 11.8 Å². The molecule has 0 atom stereocenters. The zero-order valence-electron chi connectivity index (χ0n) is 17.8. The Hall–Kier alpha value is -3.54. The second-order valence-electron chi connectivity index (χ2n) is 8.09. The van der Waals surface area contributed by atoms with Gasteiger partial charge in [0, 0.05) is 57.0 Å². The number of benzene rings is 2. The molecule has 0 saturated carbocycles. The van der Waals surface area contributed by atoms with Gasteiger partial charge in [0.2, 0.25) is 0 Å². The number of carbonyl (C=O) groups excluding carboxylic acids is 1. The van der Waals surface area contributed by atoms with Crippen molar-refractivity contribution in [2.45, 2.75) is 11.8 Å². The van der Waals surface area contributed by atoms with Crippen LogP contribution in [0.2, 0.25) is 0 Å². The van der Waals surface area contributed by atoms with Crippen LogP contribution in [0.15, 0.2) is 54.6 Å². The van der Waals surface area contributed by atoms with Gasteiger partial charge >= 0.3 is 6.03 Å². The van der Waals surface area contributed by atoms with Crippen molar-refractivity contribution in [3.05, 3.63) is 83.2 Å². The van der Waals surface area contributed by atoms with Crippen molar-refractivity contribution in [3.63, 3.8) is 0 Å². The van der Waals surface area contributed by atoms with Crippen LogP contribution in [0.4, 0.5) is 16.2 Å². The van der Waals surface area contributed by atoms with E-state index in [0.717, 1.165) is 33.8 Å². The quantitative estimate of drug-likeness (QED) is 0.730. The maximum Gasteiger partial charge on any atom is 0.339 e. The normalized spacial score (nSPS) is 14.3. The van der Waals surface area contributed by atoms with Gasteiger partial charge < -0.3 is 15.5 Å². The highest BCUT2D eigenvalue weighted by Gasteiger charge is 2.37. The van der Waals surface area contributed by atoms with Gasteiger partial charge in [0.1, 0.15) is 6.20 Å². The van der Waals surface area contributed by atoms with E-state index in [1.807, 2.05) is 34.3 Å². The molecule has 3 aromatic rings. The number of hydrogen-bond acceptors (Lipinski definition) is 4. The van der Waals surface area contributed by atoms with Crippen LogP contribution in [0.5, 0.6) is 0 Å². The summed E-state index contributed by atoms with van der Waals surface area (Å²) in [5.74, 6) is 0.